The molecule has 1 unspecified atom stereocenters. The zero-order valence-electron chi connectivity index (χ0n) is 12.2. The Balaban J connectivity index is 0. The van der Waals surface area contributed by atoms with Gasteiger partial charge in [-0.3, -0.25) is 4.79 Å². The Bertz CT molecular complexity index is 257. The van der Waals surface area contributed by atoms with E-state index in [0.29, 0.717) is 19.7 Å². The van der Waals surface area contributed by atoms with Gasteiger partial charge in [-0.05, 0) is 19.5 Å². The molecule has 1 heterocycles. The normalized spacial score (nSPS) is 19.3. The Hall–Kier alpha value is -0.0700. The zero-order valence-corrected chi connectivity index (χ0v) is 13.8. The number of hydrogen-bond acceptors (Lipinski definition) is 4. The smallest absolute Gasteiger partial charge is 0.250 e. The molecule has 19 heavy (non-hydrogen) atoms. The van der Waals surface area contributed by atoms with E-state index >= 15 is 0 Å². The third-order valence-corrected chi connectivity index (χ3v) is 2.71. The van der Waals surface area contributed by atoms with Crippen LogP contribution in [0.2, 0.25) is 0 Å². The second kappa shape index (κ2) is 9.77. The molecule has 116 valence electrons. The van der Waals surface area contributed by atoms with E-state index < -0.39 is 0 Å². The Morgan fingerprint density at radius 2 is 2.05 bits per heavy atom. The largest absolute Gasteiger partial charge is 0.366 e. The second-order valence-corrected chi connectivity index (χ2v) is 5.68. The Labute approximate surface area is 128 Å². The zero-order chi connectivity index (χ0) is 12.9. The van der Waals surface area contributed by atoms with Gasteiger partial charge < -0.3 is 20.3 Å². The van der Waals surface area contributed by atoms with Gasteiger partial charge in [-0.2, -0.15) is 0 Å². The van der Waals surface area contributed by atoms with Crippen molar-refractivity contribution < 1.29 is 9.53 Å². The number of carbonyl (C=O) groups excluding carboxylic acids is 1. The number of hydrogen-bond donors (Lipinski definition) is 2. The summed E-state index contributed by atoms with van der Waals surface area (Å²) in [6.07, 6.45) is -0.334. The highest BCUT2D eigenvalue weighted by Gasteiger charge is 2.25. The standard InChI is InChI=1S/C12H25N3O2.2ClH/c1-12(2,9-15(3)4)8-14-11(16)10-7-13-5-6-17-10;;/h10,13H,5-9H2,1-4H3,(H,14,16);2*1H. The van der Waals surface area contributed by atoms with Gasteiger partial charge in [0.1, 0.15) is 6.10 Å². The van der Waals surface area contributed by atoms with Crippen LogP contribution in [0.1, 0.15) is 13.8 Å². The minimum absolute atomic E-state index is 0. The minimum atomic E-state index is -0.334. The number of nitrogens with zero attached hydrogens (tertiary/aromatic N) is 1. The van der Waals surface area contributed by atoms with Gasteiger partial charge in [0.05, 0.1) is 6.61 Å². The van der Waals surface area contributed by atoms with E-state index in [1.165, 1.54) is 0 Å². The topological polar surface area (TPSA) is 53.6 Å². The number of amides is 1. The first kappa shape index (κ1) is 21.2. The lowest BCUT2D eigenvalue weighted by atomic mass is 9.93. The van der Waals surface area contributed by atoms with Gasteiger partial charge >= 0.3 is 0 Å². The van der Waals surface area contributed by atoms with Crippen LogP contribution in [0.15, 0.2) is 0 Å². The minimum Gasteiger partial charge on any atom is -0.366 e. The first-order valence-corrected chi connectivity index (χ1v) is 6.15. The predicted octanol–water partition coefficient (Wildman–Crippen LogP) is 0.522. The molecule has 0 aliphatic carbocycles. The number of carbonyl (C=O) groups is 1. The highest BCUT2D eigenvalue weighted by atomic mass is 35.5. The van der Waals surface area contributed by atoms with E-state index in [2.05, 4.69) is 29.4 Å². The van der Waals surface area contributed by atoms with Gasteiger partial charge in [-0.25, -0.2) is 0 Å². The summed E-state index contributed by atoms with van der Waals surface area (Å²) in [5, 5.41) is 6.12. The molecule has 1 amide bonds. The molecular formula is C12H27Cl2N3O2. The Morgan fingerprint density at radius 3 is 2.53 bits per heavy atom. The van der Waals surface area contributed by atoms with E-state index in [4.69, 9.17) is 4.74 Å². The molecule has 1 aliphatic rings. The molecule has 0 aromatic heterocycles. The van der Waals surface area contributed by atoms with Crippen LogP contribution in [0, 0.1) is 5.41 Å². The van der Waals surface area contributed by atoms with Crippen molar-refractivity contribution in [2.24, 2.45) is 5.41 Å². The summed E-state index contributed by atoms with van der Waals surface area (Å²) in [7, 11) is 4.08. The summed E-state index contributed by atoms with van der Waals surface area (Å²) in [5.74, 6) is -0.0102. The monoisotopic (exact) mass is 315 g/mol. The van der Waals surface area contributed by atoms with Crippen LogP contribution in [-0.2, 0) is 9.53 Å². The molecule has 0 aromatic carbocycles. The molecule has 1 rings (SSSR count). The Morgan fingerprint density at radius 1 is 1.42 bits per heavy atom. The van der Waals surface area contributed by atoms with Crippen LogP contribution in [0.5, 0.6) is 0 Å². The molecule has 0 aromatic rings. The van der Waals surface area contributed by atoms with Crippen LogP contribution < -0.4 is 10.6 Å². The van der Waals surface area contributed by atoms with Gasteiger partial charge in [0.25, 0.3) is 0 Å². The van der Waals surface area contributed by atoms with Crippen molar-refractivity contribution in [1.82, 2.24) is 15.5 Å². The maximum Gasteiger partial charge on any atom is 0.250 e. The fraction of sp³-hybridized carbons (Fsp3) is 0.917. The van der Waals surface area contributed by atoms with Crippen molar-refractivity contribution in [2.75, 3.05) is 46.9 Å². The van der Waals surface area contributed by atoms with Crippen molar-refractivity contribution >= 4 is 30.7 Å². The number of nitrogens with one attached hydrogen (secondary N) is 2. The molecule has 1 fully saturated rings. The second-order valence-electron chi connectivity index (χ2n) is 5.68. The van der Waals surface area contributed by atoms with Crippen LogP contribution >= 0.6 is 24.8 Å². The molecule has 5 nitrogen and oxygen atoms in total. The molecule has 0 radical (unpaired) electrons. The number of rotatable bonds is 5. The molecule has 0 saturated carbocycles. The molecule has 1 aliphatic heterocycles. The van der Waals surface area contributed by atoms with E-state index in [9.17, 15) is 4.79 Å². The quantitative estimate of drug-likeness (QED) is 0.777. The van der Waals surface area contributed by atoms with Gasteiger partial charge in [-0.1, -0.05) is 13.8 Å². The fourth-order valence-electron chi connectivity index (χ4n) is 2.09. The molecule has 7 heteroatoms. The molecule has 2 N–H and O–H groups in total. The lowest BCUT2D eigenvalue weighted by Crippen LogP contribution is -2.50. The lowest BCUT2D eigenvalue weighted by Gasteiger charge is -2.30. The molecular weight excluding hydrogens is 289 g/mol. The third kappa shape index (κ3) is 8.65. The summed E-state index contributed by atoms with van der Waals surface area (Å²) in [5.41, 5.74) is 0.0707. The van der Waals surface area contributed by atoms with Crippen molar-refractivity contribution in [3.05, 3.63) is 0 Å². The highest BCUT2D eigenvalue weighted by Crippen LogP contribution is 2.14. The summed E-state index contributed by atoms with van der Waals surface area (Å²) in [6, 6.07) is 0. The van der Waals surface area contributed by atoms with Gasteiger partial charge in [0.2, 0.25) is 5.91 Å². The first-order valence-electron chi connectivity index (χ1n) is 6.15. The van der Waals surface area contributed by atoms with Crippen molar-refractivity contribution in [3.8, 4) is 0 Å². The molecule has 1 saturated heterocycles. The highest BCUT2D eigenvalue weighted by molar-refractivity contribution is 5.85. The van der Waals surface area contributed by atoms with E-state index in [-0.39, 0.29) is 42.2 Å². The average Bonchev–Trinajstić information content (AvgIpc) is 2.25. The van der Waals surface area contributed by atoms with Gasteiger partial charge in [0.15, 0.2) is 0 Å². The van der Waals surface area contributed by atoms with Crippen molar-refractivity contribution in [2.45, 2.75) is 20.0 Å². The van der Waals surface area contributed by atoms with E-state index in [1.807, 2.05) is 14.1 Å². The predicted molar refractivity (Wildman–Crippen MR) is 82.5 cm³/mol. The average molecular weight is 316 g/mol. The first-order chi connectivity index (χ1) is 7.91. The SMILES string of the molecule is CN(C)CC(C)(C)CNC(=O)C1CNCCO1.Cl.Cl. The van der Waals surface area contributed by atoms with Crippen LogP contribution in [0.25, 0.3) is 0 Å². The summed E-state index contributed by atoms with van der Waals surface area (Å²) in [6.45, 7) is 7.95. The van der Waals surface area contributed by atoms with E-state index in [1.54, 1.807) is 0 Å². The van der Waals surface area contributed by atoms with Crippen LogP contribution in [0.3, 0.4) is 0 Å². The summed E-state index contributed by atoms with van der Waals surface area (Å²) in [4.78, 5) is 14.0. The fourth-order valence-corrected chi connectivity index (χ4v) is 2.09. The van der Waals surface area contributed by atoms with Crippen molar-refractivity contribution in [1.29, 1.82) is 0 Å². The number of morpholine rings is 1. The van der Waals surface area contributed by atoms with E-state index in [0.717, 1.165) is 13.1 Å². The number of halogens is 2. The molecule has 1 atom stereocenters. The van der Waals surface area contributed by atoms with Gasteiger partial charge in [0, 0.05) is 26.2 Å². The van der Waals surface area contributed by atoms with Crippen LogP contribution in [-0.4, -0.2) is 63.8 Å². The summed E-state index contributed by atoms with van der Waals surface area (Å²) >= 11 is 0. The number of ether oxygens (including phenoxy) is 1. The maximum absolute atomic E-state index is 11.8. The van der Waals surface area contributed by atoms with Crippen LogP contribution in [0.4, 0.5) is 0 Å². The Kier molecular flexibility index (Phi) is 10.9. The molecule has 0 bridgehead atoms. The lowest BCUT2D eigenvalue weighted by molar-refractivity contribution is -0.134. The van der Waals surface area contributed by atoms with Gasteiger partial charge in [-0.15, -0.1) is 24.8 Å². The third-order valence-electron chi connectivity index (χ3n) is 2.71. The molecule has 0 spiro atoms. The van der Waals surface area contributed by atoms with Crippen molar-refractivity contribution in [3.63, 3.8) is 0 Å². The maximum atomic E-state index is 11.8. The summed E-state index contributed by atoms with van der Waals surface area (Å²) < 4.78 is 5.40.